The maximum atomic E-state index is 5.13. The summed E-state index contributed by atoms with van der Waals surface area (Å²) in [5.41, 5.74) is 1.30. The van der Waals surface area contributed by atoms with Gasteiger partial charge in [-0.1, -0.05) is 13.8 Å². The number of aryl methyl sites for hydroxylation is 1. The molecule has 0 saturated heterocycles. The number of aromatic nitrogens is 2. The van der Waals surface area contributed by atoms with E-state index in [1.165, 1.54) is 5.56 Å². The van der Waals surface area contributed by atoms with E-state index in [1.54, 1.807) is 7.11 Å². The first-order valence-corrected chi connectivity index (χ1v) is 7.06. The van der Waals surface area contributed by atoms with Gasteiger partial charge in [-0.3, -0.25) is 4.68 Å². The average Bonchev–Trinajstić information content (AvgIpc) is 2.82. The van der Waals surface area contributed by atoms with Crippen LogP contribution in [0.5, 0.6) is 0 Å². The van der Waals surface area contributed by atoms with Crippen LogP contribution in [0.3, 0.4) is 0 Å². The molecule has 0 spiro atoms. The zero-order valence-corrected chi connectivity index (χ0v) is 12.0. The van der Waals surface area contributed by atoms with Crippen molar-refractivity contribution in [3.63, 3.8) is 0 Å². The third-order valence-electron chi connectivity index (χ3n) is 2.99. The van der Waals surface area contributed by atoms with Gasteiger partial charge in [-0.25, -0.2) is 0 Å². The normalized spacial score (nSPS) is 12.8. The van der Waals surface area contributed by atoms with Crippen LogP contribution in [-0.4, -0.2) is 30.0 Å². The molecule has 1 heterocycles. The van der Waals surface area contributed by atoms with E-state index in [0.717, 1.165) is 45.4 Å². The number of rotatable bonds is 10. The van der Waals surface area contributed by atoms with E-state index in [4.69, 9.17) is 4.74 Å². The van der Waals surface area contributed by atoms with Crippen LogP contribution in [0.2, 0.25) is 0 Å². The minimum atomic E-state index is 0.408. The van der Waals surface area contributed by atoms with E-state index in [2.05, 4.69) is 30.5 Å². The molecule has 1 unspecified atom stereocenters. The summed E-state index contributed by atoms with van der Waals surface area (Å²) >= 11 is 0. The van der Waals surface area contributed by atoms with Crippen molar-refractivity contribution in [2.75, 3.05) is 20.3 Å². The van der Waals surface area contributed by atoms with E-state index in [9.17, 15) is 0 Å². The second-order valence-electron chi connectivity index (χ2n) is 4.68. The minimum absolute atomic E-state index is 0.408. The lowest BCUT2D eigenvalue weighted by molar-refractivity contribution is 0.188. The largest absolute Gasteiger partial charge is 0.385 e. The maximum absolute atomic E-state index is 5.13. The summed E-state index contributed by atoms with van der Waals surface area (Å²) in [6.07, 6.45) is 8.63. The van der Waals surface area contributed by atoms with Crippen LogP contribution in [0.15, 0.2) is 12.4 Å². The Morgan fingerprint density at radius 2 is 2.22 bits per heavy atom. The van der Waals surface area contributed by atoms with E-state index >= 15 is 0 Å². The molecule has 4 nitrogen and oxygen atoms in total. The van der Waals surface area contributed by atoms with Crippen LogP contribution in [0, 0.1) is 0 Å². The Labute approximate surface area is 111 Å². The highest BCUT2D eigenvalue weighted by Gasteiger charge is 2.12. The predicted octanol–water partition coefficient (Wildman–Crippen LogP) is 2.76. The van der Waals surface area contributed by atoms with Gasteiger partial charge in [-0.15, -0.1) is 0 Å². The fraction of sp³-hybridized carbons (Fsp3) is 0.786. The van der Waals surface area contributed by atoms with E-state index in [0.29, 0.717) is 6.04 Å². The first kappa shape index (κ1) is 15.2. The van der Waals surface area contributed by atoms with Crippen molar-refractivity contribution in [2.45, 2.75) is 52.1 Å². The van der Waals surface area contributed by atoms with Gasteiger partial charge in [0.1, 0.15) is 0 Å². The molecule has 0 fully saturated rings. The Kier molecular flexibility index (Phi) is 7.69. The molecule has 1 atom stereocenters. The molecule has 0 aromatic carbocycles. The molecule has 0 radical (unpaired) electrons. The maximum Gasteiger partial charge on any atom is 0.0537 e. The Morgan fingerprint density at radius 3 is 2.89 bits per heavy atom. The van der Waals surface area contributed by atoms with Gasteiger partial charge >= 0.3 is 0 Å². The first-order chi connectivity index (χ1) is 8.81. The molecule has 4 heteroatoms. The van der Waals surface area contributed by atoms with Crippen molar-refractivity contribution < 1.29 is 4.74 Å². The van der Waals surface area contributed by atoms with E-state index in [1.807, 2.05) is 10.9 Å². The molecule has 0 bridgehead atoms. The van der Waals surface area contributed by atoms with Gasteiger partial charge in [0.2, 0.25) is 0 Å². The molecule has 1 rings (SSSR count). The van der Waals surface area contributed by atoms with Gasteiger partial charge in [0, 0.05) is 38.1 Å². The fourth-order valence-corrected chi connectivity index (χ4v) is 2.05. The molecule has 0 aliphatic carbocycles. The van der Waals surface area contributed by atoms with Gasteiger partial charge in [-0.05, 0) is 32.2 Å². The van der Waals surface area contributed by atoms with E-state index in [-0.39, 0.29) is 0 Å². The van der Waals surface area contributed by atoms with Crippen LogP contribution in [0.4, 0.5) is 0 Å². The summed E-state index contributed by atoms with van der Waals surface area (Å²) in [5, 5.41) is 8.00. The number of nitrogens with zero attached hydrogens (tertiary/aromatic N) is 2. The van der Waals surface area contributed by atoms with Crippen molar-refractivity contribution in [1.29, 1.82) is 0 Å². The van der Waals surface area contributed by atoms with Crippen LogP contribution in [0.25, 0.3) is 0 Å². The standard InChI is InChI=1S/C14H27N3O/c1-4-8-15-14(7-6-10-18-3)13-11-16-17(12-13)9-5-2/h11-12,14-15H,4-10H2,1-3H3. The molecule has 0 amide bonds. The lowest BCUT2D eigenvalue weighted by atomic mass is 10.1. The number of methoxy groups -OCH3 is 1. The van der Waals surface area contributed by atoms with E-state index < -0.39 is 0 Å². The Hall–Kier alpha value is -0.870. The van der Waals surface area contributed by atoms with Crippen LogP contribution in [-0.2, 0) is 11.3 Å². The molecule has 0 aliphatic rings. The third-order valence-corrected chi connectivity index (χ3v) is 2.99. The highest BCUT2D eigenvalue weighted by molar-refractivity contribution is 5.10. The molecule has 104 valence electrons. The highest BCUT2D eigenvalue weighted by atomic mass is 16.5. The Bertz CT molecular complexity index is 312. The Morgan fingerprint density at radius 1 is 1.39 bits per heavy atom. The van der Waals surface area contributed by atoms with Gasteiger partial charge in [-0.2, -0.15) is 5.10 Å². The fourth-order valence-electron chi connectivity index (χ4n) is 2.05. The third kappa shape index (κ3) is 5.19. The van der Waals surface area contributed by atoms with Crippen molar-refractivity contribution in [1.82, 2.24) is 15.1 Å². The van der Waals surface area contributed by atoms with Crippen molar-refractivity contribution in [3.05, 3.63) is 18.0 Å². The molecular weight excluding hydrogens is 226 g/mol. The zero-order chi connectivity index (χ0) is 13.2. The van der Waals surface area contributed by atoms with Crippen molar-refractivity contribution >= 4 is 0 Å². The van der Waals surface area contributed by atoms with Crippen molar-refractivity contribution in [2.24, 2.45) is 0 Å². The quantitative estimate of drug-likeness (QED) is 0.652. The molecule has 1 N–H and O–H groups in total. The second-order valence-corrected chi connectivity index (χ2v) is 4.68. The van der Waals surface area contributed by atoms with Crippen LogP contribution < -0.4 is 5.32 Å². The monoisotopic (exact) mass is 253 g/mol. The van der Waals surface area contributed by atoms with Gasteiger partial charge in [0.05, 0.1) is 6.20 Å². The average molecular weight is 253 g/mol. The van der Waals surface area contributed by atoms with Gasteiger partial charge in [0.15, 0.2) is 0 Å². The number of nitrogens with one attached hydrogen (secondary N) is 1. The smallest absolute Gasteiger partial charge is 0.0537 e. The SMILES string of the molecule is CCCNC(CCCOC)c1cnn(CCC)c1. The zero-order valence-electron chi connectivity index (χ0n) is 12.0. The van der Waals surface area contributed by atoms with Crippen LogP contribution in [0.1, 0.15) is 51.1 Å². The molecule has 1 aromatic rings. The minimum Gasteiger partial charge on any atom is -0.385 e. The molecule has 0 saturated carbocycles. The van der Waals surface area contributed by atoms with Gasteiger partial charge in [0.25, 0.3) is 0 Å². The molecule has 0 aliphatic heterocycles. The second kappa shape index (κ2) is 9.11. The summed E-state index contributed by atoms with van der Waals surface area (Å²) in [7, 11) is 1.76. The summed E-state index contributed by atoms with van der Waals surface area (Å²) < 4.78 is 7.16. The predicted molar refractivity (Wildman–Crippen MR) is 74.7 cm³/mol. The highest BCUT2D eigenvalue weighted by Crippen LogP contribution is 2.18. The van der Waals surface area contributed by atoms with Crippen molar-refractivity contribution in [3.8, 4) is 0 Å². The summed E-state index contributed by atoms with van der Waals surface area (Å²) in [5.74, 6) is 0. The summed E-state index contributed by atoms with van der Waals surface area (Å²) in [4.78, 5) is 0. The molecule has 1 aromatic heterocycles. The summed E-state index contributed by atoms with van der Waals surface area (Å²) in [6, 6.07) is 0.408. The first-order valence-electron chi connectivity index (χ1n) is 7.06. The number of hydrogen-bond acceptors (Lipinski definition) is 3. The Balaban J connectivity index is 2.55. The number of hydrogen-bond donors (Lipinski definition) is 1. The van der Waals surface area contributed by atoms with Gasteiger partial charge < -0.3 is 10.1 Å². The lowest BCUT2D eigenvalue weighted by Crippen LogP contribution is -2.22. The molecule has 18 heavy (non-hydrogen) atoms. The summed E-state index contributed by atoms with van der Waals surface area (Å²) in [6.45, 7) is 7.25. The lowest BCUT2D eigenvalue weighted by Gasteiger charge is -2.16. The number of ether oxygens (including phenoxy) is 1. The molecular formula is C14H27N3O. The van der Waals surface area contributed by atoms with Crippen LogP contribution >= 0.6 is 0 Å². The topological polar surface area (TPSA) is 39.1 Å².